The van der Waals surface area contributed by atoms with Crippen LogP contribution in [0, 0.1) is 0 Å². The molecule has 1 N–H and O–H groups in total. The Hall–Kier alpha value is -3.97. The summed E-state index contributed by atoms with van der Waals surface area (Å²) in [5, 5.41) is 7.62. The van der Waals surface area contributed by atoms with E-state index in [1.807, 2.05) is 85.9 Å². The molecule has 4 rings (SSSR count). The Balaban J connectivity index is 1.36. The van der Waals surface area contributed by atoms with E-state index in [9.17, 15) is 9.59 Å². The van der Waals surface area contributed by atoms with Crippen molar-refractivity contribution in [1.29, 1.82) is 0 Å². The predicted octanol–water partition coefficient (Wildman–Crippen LogP) is 6.00. The van der Waals surface area contributed by atoms with E-state index in [0.717, 1.165) is 39.8 Å². The van der Waals surface area contributed by atoms with Crippen LogP contribution in [-0.2, 0) is 20.7 Å². The lowest BCUT2D eigenvalue weighted by Crippen LogP contribution is -2.36. The lowest BCUT2D eigenvalue weighted by atomic mass is 10.1. The highest BCUT2D eigenvalue weighted by atomic mass is 79.9. The number of aryl methyl sites for hydroxylation is 1. The van der Waals surface area contributed by atoms with Gasteiger partial charge in [0, 0.05) is 33.9 Å². The quantitative estimate of drug-likeness (QED) is 0.192. The van der Waals surface area contributed by atoms with Crippen molar-refractivity contribution in [2.24, 2.45) is 0 Å². The largest absolute Gasteiger partial charge is 0.452 e. The number of halogens is 1. The smallest absolute Gasteiger partial charge is 0.331 e. The van der Waals surface area contributed by atoms with Gasteiger partial charge in [0.15, 0.2) is 6.61 Å². The number of ether oxygens (including phenoxy) is 1. The summed E-state index contributed by atoms with van der Waals surface area (Å²) >= 11 is 3.46. The van der Waals surface area contributed by atoms with Crippen molar-refractivity contribution in [3.63, 3.8) is 0 Å². The molecule has 1 unspecified atom stereocenters. The van der Waals surface area contributed by atoms with Crippen molar-refractivity contribution in [2.75, 3.05) is 6.61 Å². The van der Waals surface area contributed by atoms with Gasteiger partial charge in [-0.2, -0.15) is 5.10 Å². The monoisotopic (exact) mass is 557 g/mol. The maximum Gasteiger partial charge on any atom is 0.331 e. The summed E-state index contributed by atoms with van der Waals surface area (Å²) in [5.41, 5.74) is 4.52. The molecule has 0 aliphatic heterocycles. The molecule has 1 atom stereocenters. The molecule has 4 aromatic rings. The van der Waals surface area contributed by atoms with Gasteiger partial charge in [0.05, 0.1) is 11.4 Å². The number of amides is 1. The summed E-state index contributed by atoms with van der Waals surface area (Å²) in [6, 6.07) is 27.6. The van der Waals surface area contributed by atoms with Crippen LogP contribution in [0.5, 0.6) is 0 Å². The van der Waals surface area contributed by atoms with Gasteiger partial charge < -0.3 is 10.1 Å². The van der Waals surface area contributed by atoms with Crippen molar-refractivity contribution in [2.45, 2.75) is 25.8 Å². The number of nitrogens with zero attached hydrogens (tertiary/aromatic N) is 2. The molecule has 1 aromatic heterocycles. The highest BCUT2D eigenvalue weighted by Gasteiger charge is 2.13. The van der Waals surface area contributed by atoms with Crippen molar-refractivity contribution in [1.82, 2.24) is 15.1 Å². The van der Waals surface area contributed by atoms with Crippen LogP contribution in [0.15, 0.2) is 102 Å². The van der Waals surface area contributed by atoms with Crippen molar-refractivity contribution >= 4 is 33.9 Å². The third-order valence-electron chi connectivity index (χ3n) is 5.74. The Bertz CT molecular complexity index is 1350. The standard InChI is InChI=1S/C30H28BrN3O3/c1-22(12-13-23-8-4-2-5-9-23)32-28(35)21-37-29(36)19-16-25-20-34(27-10-6-3-7-11-27)33-30(25)24-14-17-26(31)18-15-24/h2-11,14-20,22H,12-13,21H2,1H3,(H,32,35). The van der Waals surface area contributed by atoms with Gasteiger partial charge in [0.25, 0.3) is 5.91 Å². The Morgan fingerprint density at radius 1 is 1.00 bits per heavy atom. The van der Waals surface area contributed by atoms with Gasteiger partial charge in [-0.05, 0) is 55.7 Å². The molecule has 0 fully saturated rings. The summed E-state index contributed by atoms with van der Waals surface area (Å²) in [6.07, 6.45) is 6.50. The topological polar surface area (TPSA) is 73.2 Å². The first kappa shape index (κ1) is 26.1. The molecular weight excluding hydrogens is 530 g/mol. The van der Waals surface area contributed by atoms with Gasteiger partial charge in [-0.1, -0.05) is 76.6 Å². The lowest BCUT2D eigenvalue weighted by molar-refractivity contribution is -0.144. The normalized spacial score (nSPS) is 11.8. The summed E-state index contributed by atoms with van der Waals surface area (Å²) < 4.78 is 7.91. The van der Waals surface area contributed by atoms with E-state index in [1.165, 1.54) is 11.6 Å². The summed E-state index contributed by atoms with van der Waals surface area (Å²) in [5.74, 6) is -0.920. The second-order valence-electron chi connectivity index (χ2n) is 8.65. The number of esters is 1. The average molecular weight is 558 g/mol. The van der Waals surface area contributed by atoms with Crippen molar-refractivity contribution < 1.29 is 14.3 Å². The molecular formula is C30H28BrN3O3. The van der Waals surface area contributed by atoms with E-state index in [-0.39, 0.29) is 18.6 Å². The van der Waals surface area contributed by atoms with Gasteiger partial charge >= 0.3 is 5.97 Å². The molecule has 0 saturated heterocycles. The van der Waals surface area contributed by atoms with E-state index >= 15 is 0 Å². The fourth-order valence-electron chi connectivity index (χ4n) is 3.81. The number of carbonyl (C=O) groups is 2. The molecule has 3 aromatic carbocycles. The second-order valence-corrected chi connectivity index (χ2v) is 9.57. The molecule has 37 heavy (non-hydrogen) atoms. The maximum atomic E-state index is 12.4. The number of nitrogens with one attached hydrogen (secondary N) is 1. The Morgan fingerprint density at radius 2 is 1.68 bits per heavy atom. The SMILES string of the molecule is CC(CCc1ccccc1)NC(=O)COC(=O)C=Cc1cn(-c2ccccc2)nc1-c1ccc(Br)cc1. The minimum atomic E-state index is -0.596. The van der Waals surface area contributed by atoms with E-state index < -0.39 is 5.97 Å². The van der Waals surface area contributed by atoms with Gasteiger partial charge in [0.1, 0.15) is 0 Å². The third-order valence-corrected chi connectivity index (χ3v) is 6.27. The van der Waals surface area contributed by atoms with E-state index in [0.29, 0.717) is 0 Å². The van der Waals surface area contributed by atoms with Crippen LogP contribution in [0.3, 0.4) is 0 Å². The first-order valence-electron chi connectivity index (χ1n) is 12.1. The van der Waals surface area contributed by atoms with E-state index in [4.69, 9.17) is 9.84 Å². The zero-order valence-electron chi connectivity index (χ0n) is 20.5. The molecule has 0 spiro atoms. The summed E-state index contributed by atoms with van der Waals surface area (Å²) in [4.78, 5) is 24.6. The number of hydrogen-bond donors (Lipinski definition) is 1. The van der Waals surface area contributed by atoms with E-state index in [1.54, 1.807) is 10.8 Å². The Morgan fingerprint density at radius 3 is 2.38 bits per heavy atom. The minimum absolute atomic E-state index is 0.0285. The first-order chi connectivity index (χ1) is 18.0. The molecule has 0 saturated carbocycles. The number of carbonyl (C=O) groups excluding carboxylic acids is 2. The third kappa shape index (κ3) is 7.75. The summed E-state index contributed by atoms with van der Waals surface area (Å²) in [6.45, 7) is 1.61. The van der Waals surface area contributed by atoms with Crippen molar-refractivity contribution in [3.8, 4) is 16.9 Å². The highest BCUT2D eigenvalue weighted by Crippen LogP contribution is 2.26. The fourth-order valence-corrected chi connectivity index (χ4v) is 4.08. The highest BCUT2D eigenvalue weighted by molar-refractivity contribution is 9.10. The number of aromatic nitrogens is 2. The molecule has 1 heterocycles. The average Bonchev–Trinajstić information content (AvgIpc) is 3.35. The number of para-hydroxylation sites is 1. The van der Waals surface area contributed by atoms with Gasteiger partial charge in [-0.3, -0.25) is 4.79 Å². The molecule has 0 aliphatic rings. The number of rotatable bonds is 10. The minimum Gasteiger partial charge on any atom is -0.452 e. The van der Waals surface area contributed by atoms with Crippen LogP contribution in [0.4, 0.5) is 0 Å². The van der Waals surface area contributed by atoms with Crippen LogP contribution in [-0.4, -0.2) is 34.3 Å². The van der Waals surface area contributed by atoms with Gasteiger partial charge in [-0.15, -0.1) is 0 Å². The number of hydrogen-bond acceptors (Lipinski definition) is 4. The molecule has 0 aliphatic carbocycles. The number of benzene rings is 3. The van der Waals surface area contributed by atoms with Crippen molar-refractivity contribution in [3.05, 3.63) is 113 Å². The second kappa shape index (κ2) is 12.8. The van der Waals surface area contributed by atoms with Gasteiger partial charge in [0.2, 0.25) is 0 Å². The van der Waals surface area contributed by atoms with E-state index in [2.05, 4.69) is 33.4 Å². The van der Waals surface area contributed by atoms with Crippen LogP contribution in [0.2, 0.25) is 0 Å². The maximum absolute atomic E-state index is 12.4. The molecule has 1 amide bonds. The Labute approximate surface area is 225 Å². The van der Waals surface area contributed by atoms with Crippen LogP contribution in [0.25, 0.3) is 23.0 Å². The molecule has 188 valence electrons. The zero-order chi connectivity index (χ0) is 26.0. The molecule has 6 nitrogen and oxygen atoms in total. The Kier molecular flexibility index (Phi) is 9.05. The van der Waals surface area contributed by atoms with Crippen LogP contribution >= 0.6 is 15.9 Å². The molecule has 0 bridgehead atoms. The fraction of sp³-hybridized carbons (Fsp3) is 0.167. The lowest BCUT2D eigenvalue weighted by Gasteiger charge is -2.13. The van der Waals surface area contributed by atoms with Crippen LogP contribution in [0.1, 0.15) is 24.5 Å². The first-order valence-corrected chi connectivity index (χ1v) is 12.9. The van der Waals surface area contributed by atoms with Gasteiger partial charge in [-0.25, -0.2) is 9.48 Å². The summed E-state index contributed by atoms with van der Waals surface area (Å²) in [7, 11) is 0. The predicted molar refractivity (Wildman–Crippen MR) is 149 cm³/mol. The molecule has 0 radical (unpaired) electrons. The van der Waals surface area contributed by atoms with Crippen LogP contribution < -0.4 is 5.32 Å². The zero-order valence-corrected chi connectivity index (χ0v) is 22.1. The molecule has 7 heteroatoms.